The normalized spacial score (nSPS) is 12.1. The number of nitrogens with one attached hydrogen (secondary N) is 1. The second-order valence-corrected chi connectivity index (χ2v) is 5.09. The molecule has 0 bridgehead atoms. The zero-order chi connectivity index (χ0) is 13.8. The van der Waals surface area contributed by atoms with E-state index < -0.39 is 0 Å². The summed E-state index contributed by atoms with van der Waals surface area (Å²) in [4.78, 5) is 15.2. The Bertz CT molecular complexity index is 566. The first kappa shape index (κ1) is 13.5. The van der Waals surface area contributed by atoms with E-state index in [-0.39, 0.29) is 17.7 Å². The molecule has 0 aliphatic carbocycles. The van der Waals surface area contributed by atoms with Crippen molar-refractivity contribution in [2.45, 2.75) is 19.4 Å². The van der Waals surface area contributed by atoms with Crippen LogP contribution in [-0.2, 0) is 11.2 Å². The van der Waals surface area contributed by atoms with Gasteiger partial charge in [0.2, 0.25) is 5.91 Å². The number of nitrogens with zero attached hydrogens (tertiary/aromatic N) is 1. The van der Waals surface area contributed by atoms with Gasteiger partial charge >= 0.3 is 0 Å². The minimum Gasteiger partial charge on any atom is -0.508 e. The van der Waals surface area contributed by atoms with Gasteiger partial charge in [0.15, 0.2) is 5.13 Å². The molecule has 1 amide bonds. The van der Waals surface area contributed by atoms with Crippen molar-refractivity contribution >= 4 is 22.4 Å². The van der Waals surface area contributed by atoms with Crippen LogP contribution < -0.4 is 11.1 Å². The summed E-state index contributed by atoms with van der Waals surface area (Å²) in [7, 11) is 0. The van der Waals surface area contributed by atoms with Crippen molar-refractivity contribution in [3.8, 4) is 5.75 Å². The fourth-order valence-corrected chi connectivity index (χ4v) is 2.48. The molecule has 6 heteroatoms. The number of amides is 1. The Balaban J connectivity index is 2.03. The van der Waals surface area contributed by atoms with E-state index in [1.54, 1.807) is 12.1 Å². The van der Waals surface area contributed by atoms with Crippen LogP contribution in [0.3, 0.4) is 0 Å². The molecule has 0 fully saturated rings. The van der Waals surface area contributed by atoms with Gasteiger partial charge in [0, 0.05) is 12.3 Å². The number of carbonyl (C=O) groups is 1. The summed E-state index contributed by atoms with van der Waals surface area (Å²) in [5.74, 6) is 0.0898. The molecule has 4 N–H and O–H groups in total. The van der Waals surface area contributed by atoms with Crippen LogP contribution in [0.15, 0.2) is 29.6 Å². The van der Waals surface area contributed by atoms with Gasteiger partial charge in [-0.25, -0.2) is 4.98 Å². The third kappa shape index (κ3) is 3.77. The van der Waals surface area contributed by atoms with Crippen LogP contribution in [0.25, 0.3) is 0 Å². The molecule has 2 rings (SSSR count). The zero-order valence-corrected chi connectivity index (χ0v) is 11.3. The maximum absolute atomic E-state index is 10.9. The molecule has 0 aliphatic heterocycles. The smallest absolute Gasteiger partial charge is 0.223 e. The van der Waals surface area contributed by atoms with E-state index in [0.717, 1.165) is 11.3 Å². The standard InChI is InChI=1S/C13H15N3O2S/c1-8(17)15-13-16-12(7-19-13)11(14)6-9-2-4-10(18)5-3-9/h2-5,7,11,18H,6,14H2,1H3,(H,15,16,17)/t11-/m0/s1. The number of thiazole rings is 1. The SMILES string of the molecule is CC(=O)Nc1nc([C@@H](N)Cc2ccc(O)cc2)cs1. The summed E-state index contributed by atoms with van der Waals surface area (Å²) >= 11 is 1.36. The van der Waals surface area contributed by atoms with E-state index in [1.165, 1.54) is 18.3 Å². The maximum atomic E-state index is 10.9. The Morgan fingerprint density at radius 3 is 2.79 bits per heavy atom. The number of anilines is 1. The van der Waals surface area contributed by atoms with E-state index in [4.69, 9.17) is 5.73 Å². The molecule has 1 aromatic heterocycles. The number of benzene rings is 1. The van der Waals surface area contributed by atoms with Crippen molar-refractivity contribution in [2.24, 2.45) is 5.73 Å². The minimum atomic E-state index is -0.233. The molecule has 0 unspecified atom stereocenters. The zero-order valence-electron chi connectivity index (χ0n) is 10.5. The van der Waals surface area contributed by atoms with Crippen LogP contribution in [0.2, 0.25) is 0 Å². The van der Waals surface area contributed by atoms with E-state index >= 15 is 0 Å². The highest BCUT2D eigenvalue weighted by Gasteiger charge is 2.12. The van der Waals surface area contributed by atoms with Crippen molar-refractivity contribution in [2.75, 3.05) is 5.32 Å². The van der Waals surface area contributed by atoms with Crippen molar-refractivity contribution in [3.05, 3.63) is 40.9 Å². The summed E-state index contributed by atoms with van der Waals surface area (Å²) in [5, 5.41) is 14.2. The summed E-state index contributed by atoms with van der Waals surface area (Å²) in [6, 6.07) is 6.69. The van der Waals surface area contributed by atoms with Gasteiger partial charge in [0.05, 0.1) is 11.7 Å². The van der Waals surface area contributed by atoms with Crippen LogP contribution in [0.5, 0.6) is 5.75 Å². The summed E-state index contributed by atoms with van der Waals surface area (Å²) in [5.41, 5.74) is 7.86. The number of phenols is 1. The van der Waals surface area contributed by atoms with Crippen LogP contribution in [-0.4, -0.2) is 16.0 Å². The molecular weight excluding hydrogens is 262 g/mol. The lowest BCUT2D eigenvalue weighted by atomic mass is 10.0. The Hall–Kier alpha value is -1.92. The molecule has 100 valence electrons. The first-order valence-electron chi connectivity index (χ1n) is 5.81. The fraction of sp³-hybridized carbons (Fsp3) is 0.231. The molecule has 1 heterocycles. The molecule has 2 aromatic rings. The van der Waals surface area contributed by atoms with Crippen LogP contribution >= 0.6 is 11.3 Å². The number of rotatable bonds is 4. The van der Waals surface area contributed by atoms with Crippen molar-refractivity contribution in [3.63, 3.8) is 0 Å². The number of aromatic hydroxyl groups is 1. The molecule has 0 saturated heterocycles. The highest BCUT2D eigenvalue weighted by molar-refractivity contribution is 7.13. The second-order valence-electron chi connectivity index (χ2n) is 4.24. The van der Waals surface area contributed by atoms with Crippen LogP contribution in [0, 0.1) is 0 Å². The van der Waals surface area contributed by atoms with Gasteiger partial charge in [-0.1, -0.05) is 12.1 Å². The molecule has 0 aliphatic rings. The third-order valence-electron chi connectivity index (χ3n) is 2.58. The van der Waals surface area contributed by atoms with Gasteiger partial charge in [0.25, 0.3) is 0 Å². The van der Waals surface area contributed by atoms with Gasteiger partial charge in [-0.3, -0.25) is 4.79 Å². The Kier molecular flexibility index (Phi) is 4.13. The van der Waals surface area contributed by atoms with Gasteiger partial charge in [-0.15, -0.1) is 11.3 Å². The third-order valence-corrected chi connectivity index (χ3v) is 3.35. The van der Waals surface area contributed by atoms with Crippen molar-refractivity contribution in [1.29, 1.82) is 0 Å². The molecular formula is C13H15N3O2S. The monoisotopic (exact) mass is 277 g/mol. The molecule has 19 heavy (non-hydrogen) atoms. The van der Waals surface area contributed by atoms with Gasteiger partial charge in [0.1, 0.15) is 5.75 Å². The molecule has 0 spiro atoms. The number of nitrogens with two attached hydrogens (primary N) is 1. The van der Waals surface area contributed by atoms with Gasteiger partial charge in [-0.2, -0.15) is 0 Å². The number of aromatic nitrogens is 1. The van der Waals surface area contributed by atoms with E-state index in [2.05, 4.69) is 10.3 Å². The molecule has 1 atom stereocenters. The van der Waals surface area contributed by atoms with Gasteiger partial charge in [-0.05, 0) is 24.1 Å². The highest BCUT2D eigenvalue weighted by atomic mass is 32.1. The lowest BCUT2D eigenvalue weighted by Crippen LogP contribution is -2.14. The molecule has 1 aromatic carbocycles. The Morgan fingerprint density at radius 1 is 1.47 bits per heavy atom. The lowest BCUT2D eigenvalue weighted by molar-refractivity contribution is -0.114. The summed E-state index contributed by atoms with van der Waals surface area (Å²) < 4.78 is 0. The number of carbonyl (C=O) groups excluding carboxylic acids is 1. The van der Waals surface area contributed by atoms with Crippen LogP contribution in [0.1, 0.15) is 24.2 Å². The maximum Gasteiger partial charge on any atom is 0.223 e. The predicted octanol–water partition coefficient (Wildman–Crippen LogP) is 2.05. The number of hydrogen-bond acceptors (Lipinski definition) is 5. The Morgan fingerprint density at radius 2 is 2.16 bits per heavy atom. The molecule has 0 radical (unpaired) electrons. The highest BCUT2D eigenvalue weighted by Crippen LogP contribution is 2.22. The first-order valence-corrected chi connectivity index (χ1v) is 6.69. The summed E-state index contributed by atoms with van der Waals surface area (Å²) in [6.45, 7) is 1.44. The largest absolute Gasteiger partial charge is 0.508 e. The molecule has 0 saturated carbocycles. The van der Waals surface area contributed by atoms with E-state index in [1.807, 2.05) is 17.5 Å². The van der Waals surface area contributed by atoms with Crippen molar-refractivity contribution < 1.29 is 9.90 Å². The average molecular weight is 277 g/mol. The first-order chi connectivity index (χ1) is 9.04. The van der Waals surface area contributed by atoms with Crippen molar-refractivity contribution in [1.82, 2.24) is 4.98 Å². The quantitative estimate of drug-likeness (QED) is 0.798. The second kappa shape index (κ2) is 5.81. The predicted molar refractivity (Wildman–Crippen MR) is 75.2 cm³/mol. The van der Waals surface area contributed by atoms with E-state index in [0.29, 0.717) is 11.6 Å². The topological polar surface area (TPSA) is 88.2 Å². The van der Waals surface area contributed by atoms with Crippen LogP contribution in [0.4, 0.5) is 5.13 Å². The average Bonchev–Trinajstić information content (AvgIpc) is 2.80. The number of hydrogen-bond donors (Lipinski definition) is 3. The fourth-order valence-electron chi connectivity index (χ4n) is 1.65. The Labute approximate surface area is 115 Å². The lowest BCUT2D eigenvalue weighted by Gasteiger charge is -2.08. The van der Waals surface area contributed by atoms with Gasteiger partial charge < -0.3 is 16.2 Å². The summed E-state index contributed by atoms with van der Waals surface area (Å²) in [6.07, 6.45) is 0.628. The van der Waals surface area contributed by atoms with E-state index in [9.17, 15) is 9.90 Å². The minimum absolute atomic E-state index is 0.145. The number of phenolic OH excluding ortho intramolecular Hbond substituents is 1. The molecule has 5 nitrogen and oxygen atoms in total.